The van der Waals surface area contributed by atoms with Crippen LogP contribution in [0, 0.1) is 6.92 Å². The molecular formula is C16H21N3. The van der Waals surface area contributed by atoms with Crippen molar-refractivity contribution in [2.45, 2.75) is 20.0 Å². The van der Waals surface area contributed by atoms with Crippen molar-refractivity contribution >= 4 is 5.69 Å². The summed E-state index contributed by atoms with van der Waals surface area (Å²) in [6.45, 7) is 3.86. The summed E-state index contributed by atoms with van der Waals surface area (Å²) >= 11 is 0. The molecule has 0 aliphatic rings. The minimum absolute atomic E-state index is 0.879. The van der Waals surface area contributed by atoms with Crippen molar-refractivity contribution in [3.05, 3.63) is 59.4 Å². The highest BCUT2D eigenvalue weighted by Crippen LogP contribution is 2.12. The van der Waals surface area contributed by atoms with Crippen LogP contribution in [0.1, 0.15) is 16.7 Å². The molecule has 2 rings (SSSR count). The Kier molecular flexibility index (Phi) is 4.53. The van der Waals surface area contributed by atoms with Crippen molar-refractivity contribution < 1.29 is 0 Å². The average Bonchev–Trinajstić information content (AvgIpc) is 2.41. The summed E-state index contributed by atoms with van der Waals surface area (Å²) in [6, 6.07) is 10.7. The van der Waals surface area contributed by atoms with E-state index in [2.05, 4.69) is 66.6 Å². The monoisotopic (exact) mass is 255 g/mol. The molecule has 1 aromatic carbocycles. The summed E-state index contributed by atoms with van der Waals surface area (Å²) in [5.41, 5.74) is 5.07. The molecule has 0 aliphatic heterocycles. The lowest BCUT2D eigenvalue weighted by Gasteiger charge is -2.13. The van der Waals surface area contributed by atoms with Gasteiger partial charge in [-0.25, -0.2) is 0 Å². The Labute approximate surface area is 115 Å². The summed E-state index contributed by atoms with van der Waals surface area (Å²) < 4.78 is 0. The lowest BCUT2D eigenvalue weighted by Crippen LogP contribution is -2.14. The van der Waals surface area contributed by atoms with Gasteiger partial charge in [0.2, 0.25) is 0 Å². The van der Waals surface area contributed by atoms with Crippen LogP contribution in [-0.4, -0.2) is 19.1 Å². The van der Waals surface area contributed by atoms with Crippen molar-refractivity contribution in [3.63, 3.8) is 0 Å². The molecule has 0 aliphatic carbocycles. The summed E-state index contributed by atoms with van der Waals surface area (Å²) in [6.07, 6.45) is 3.75. The van der Waals surface area contributed by atoms with Crippen LogP contribution in [0.4, 0.5) is 5.69 Å². The molecule has 0 amide bonds. The summed E-state index contributed by atoms with van der Waals surface area (Å²) in [7, 11) is 4.11. The minimum Gasteiger partial charge on any atom is -0.378 e. The predicted molar refractivity (Wildman–Crippen MR) is 80.3 cm³/mol. The van der Waals surface area contributed by atoms with Crippen molar-refractivity contribution in [3.8, 4) is 0 Å². The second kappa shape index (κ2) is 6.34. The van der Waals surface area contributed by atoms with Gasteiger partial charge >= 0.3 is 0 Å². The molecule has 100 valence electrons. The average molecular weight is 255 g/mol. The van der Waals surface area contributed by atoms with E-state index in [1.165, 1.54) is 22.4 Å². The standard InChI is InChI=1S/C16H21N3/c1-13-10-17-9-8-15(13)12-18-11-14-4-6-16(7-5-14)19(2)3/h4-10,18H,11-12H2,1-3H3. The third kappa shape index (κ3) is 3.80. The number of hydrogen-bond donors (Lipinski definition) is 1. The SMILES string of the molecule is Cc1cnccc1CNCc1ccc(N(C)C)cc1. The molecule has 1 heterocycles. The molecular weight excluding hydrogens is 234 g/mol. The van der Waals surface area contributed by atoms with Crippen molar-refractivity contribution in [1.82, 2.24) is 10.3 Å². The van der Waals surface area contributed by atoms with Gasteiger partial charge in [0.15, 0.2) is 0 Å². The molecule has 3 nitrogen and oxygen atoms in total. The van der Waals surface area contributed by atoms with Gasteiger partial charge < -0.3 is 10.2 Å². The Morgan fingerprint density at radius 3 is 2.42 bits per heavy atom. The number of nitrogens with one attached hydrogen (secondary N) is 1. The quantitative estimate of drug-likeness (QED) is 0.890. The second-order valence-corrected chi connectivity index (χ2v) is 4.97. The van der Waals surface area contributed by atoms with Gasteiger partial charge in [0.25, 0.3) is 0 Å². The first-order valence-corrected chi connectivity index (χ1v) is 6.53. The first-order chi connectivity index (χ1) is 9.16. The topological polar surface area (TPSA) is 28.2 Å². The lowest BCUT2D eigenvalue weighted by molar-refractivity contribution is 0.690. The van der Waals surface area contributed by atoms with E-state index >= 15 is 0 Å². The van der Waals surface area contributed by atoms with E-state index in [-0.39, 0.29) is 0 Å². The maximum atomic E-state index is 4.10. The van der Waals surface area contributed by atoms with E-state index in [1.807, 2.05) is 12.4 Å². The second-order valence-electron chi connectivity index (χ2n) is 4.97. The number of anilines is 1. The van der Waals surface area contributed by atoms with Gasteiger partial charge in [0.05, 0.1) is 0 Å². The first kappa shape index (κ1) is 13.6. The molecule has 0 spiro atoms. The van der Waals surface area contributed by atoms with E-state index in [4.69, 9.17) is 0 Å². The molecule has 0 unspecified atom stereocenters. The van der Waals surface area contributed by atoms with E-state index in [1.54, 1.807) is 0 Å². The first-order valence-electron chi connectivity index (χ1n) is 6.53. The number of nitrogens with zero attached hydrogens (tertiary/aromatic N) is 2. The molecule has 0 fully saturated rings. The smallest absolute Gasteiger partial charge is 0.0361 e. The predicted octanol–water partition coefficient (Wildman–Crippen LogP) is 2.75. The van der Waals surface area contributed by atoms with E-state index in [0.717, 1.165) is 13.1 Å². The van der Waals surface area contributed by atoms with Crippen LogP contribution in [-0.2, 0) is 13.1 Å². The zero-order chi connectivity index (χ0) is 13.7. The Morgan fingerprint density at radius 1 is 1.05 bits per heavy atom. The maximum Gasteiger partial charge on any atom is 0.0361 e. The van der Waals surface area contributed by atoms with Gasteiger partial charge in [-0.1, -0.05) is 12.1 Å². The van der Waals surface area contributed by atoms with Crippen LogP contribution >= 0.6 is 0 Å². The molecule has 2 aromatic rings. The fraction of sp³-hybridized carbons (Fsp3) is 0.312. The fourth-order valence-electron chi connectivity index (χ4n) is 1.95. The molecule has 0 saturated heterocycles. The van der Waals surface area contributed by atoms with Crippen molar-refractivity contribution in [2.24, 2.45) is 0 Å². The summed E-state index contributed by atoms with van der Waals surface area (Å²) in [5.74, 6) is 0. The molecule has 3 heteroatoms. The van der Waals surface area contributed by atoms with Crippen LogP contribution in [0.25, 0.3) is 0 Å². The van der Waals surface area contributed by atoms with E-state index < -0.39 is 0 Å². The Balaban J connectivity index is 1.87. The summed E-state index contributed by atoms with van der Waals surface area (Å²) in [5, 5.41) is 3.47. The van der Waals surface area contributed by atoms with Gasteiger partial charge in [0, 0.05) is 45.3 Å². The minimum atomic E-state index is 0.879. The number of pyridine rings is 1. The molecule has 0 bridgehead atoms. The molecule has 0 saturated carbocycles. The van der Waals surface area contributed by atoms with Gasteiger partial charge in [-0.2, -0.15) is 0 Å². The zero-order valence-electron chi connectivity index (χ0n) is 11.9. The molecule has 1 aromatic heterocycles. The fourth-order valence-corrected chi connectivity index (χ4v) is 1.95. The highest BCUT2D eigenvalue weighted by Gasteiger charge is 1.99. The highest BCUT2D eigenvalue weighted by molar-refractivity contribution is 5.45. The van der Waals surface area contributed by atoms with Crippen molar-refractivity contribution in [1.29, 1.82) is 0 Å². The van der Waals surface area contributed by atoms with Crippen LogP contribution < -0.4 is 10.2 Å². The number of hydrogen-bond acceptors (Lipinski definition) is 3. The van der Waals surface area contributed by atoms with Crippen LogP contribution in [0.3, 0.4) is 0 Å². The third-order valence-corrected chi connectivity index (χ3v) is 3.23. The molecule has 19 heavy (non-hydrogen) atoms. The van der Waals surface area contributed by atoms with Crippen LogP contribution in [0.15, 0.2) is 42.7 Å². The number of benzene rings is 1. The lowest BCUT2D eigenvalue weighted by atomic mass is 10.1. The van der Waals surface area contributed by atoms with Gasteiger partial charge in [-0.15, -0.1) is 0 Å². The third-order valence-electron chi connectivity index (χ3n) is 3.23. The van der Waals surface area contributed by atoms with Crippen molar-refractivity contribution in [2.75, 3.05) is 19.0 Å². The molecule has 0 atom stereocenters. The van der Waals surface area contributed by atoms with Crippen LogP contribution in [0.5, 0.6) is 0 Å². The highest BCUT2D eigenvalue weighted by atomic mass is 15.1. The zero-order valence-corrected chi connectivity index (χ0v) is 11.9. The summed E-state index contributed by atoms with van der Waals surface area (Å²) in [4.78, 5) is 6.21. The number of aromatic nitrogens is 1. The maximum absolute atomic E-state index is 4.10. The largest absolute Gasteiger partial charge is 0.378 e. The Morgan fingerprint density at radius 2 is 1.79 bits per heavy atom. The van der Waals surface area contributed by atoms with Crippen LogP contribution in [0.2, 0.25) is 0 Å². The van der Waals surface area contributed by atoms with E-state index in [9.17, 15) is 0 Å². The van der Waals surface area contributed by atoms with Gasteiger partial charge in [-0.05, 0) is 41.8 Å². The number of rotatable bonds is 5. The van der Waals surface area contributed by atoms with Gasteiger partial charge in [0.1, 0.15) is 0 Å². The molecule has 0 radical (unpaired) electrons. The Hall–Kier alpha value is -1.87. The normalized spacial score (nSPS) is 10.5. The van der Waals surface area contributed by atoms with Gasteiger partial charge in [-0.3, -0.25) is 4.98 Å². The molecule has 1 N–H and O–H groups in total. The van der Waals surface area contributed by atoms with E-state index in [0.29, 0.717) is 0 Å². The number of aryl methyl sites for hydroxylation is 1. The Bertz CT molecular complexity index is 518.